The van der Waals surface area contributed by atoms with Crippen molar-refractivity contribution in [1.29, 1.82) is 0 Å². The summed E-state index contributed by atoms with van der Waals surface area (Å²) in [7, 11) is 0. The first kappa shape index (κ1) is 14.7. The average molecular weight is 402 g/mol. The molecule has 0 bridgehead atoms. The van der Waals surface area contributed by atoms with Gasteiger partial charge in [0, 0.05) is 34.7 Å². The molecule has 3 rings (SSSR count). The quantitative estimate of drug-likeness (QED) is 0.466. The summed E-state index contributed by atoms with van der Waals surface area (Å²) in [5, 5.41) is 20.8. The standard InChI is InChI=1S/C14H15IN2O4/c15-12-3-2-9(17(20)21)5-10(12)14(19)16-6-8-1-4-13(18)11(8)7-16/h2-3,5,8,11,13,18H,1,4,6-7H2. The van der Waals surface area contributed by atoms with Gasteiger partial charge in [0.2, 0.25) is 0 Å². The van der Waals surface area contributed by atoms with E-state index in [1.807, 2.05) is 22.6 Å². The average Bonchev–Trinajstić information content (AvgIpc) is 3.01. The molecule has 1 heterocycles. The van der Waals surface area contributed by atoms with Gasteiger partial charge in [-0.1, -0.05) is 0 Å². The molecule has 1 aromatic rings. The number of nitrogens with zero attached hydrogens (tertiary/aromatic N) is 2. The van der Waals surface area contributed by atoms with E-state index in [0.717, 1.165) is 12.8 Å². The third kappa shape index (κ3) is 2.64. The van der Waals surface area contributed by atoms with Crippen molar-refractivity contribution < 1.29 is 14.8 Å². The lowest BCUT2D eigenvalue weighted by atomic mass is 10.00. The number of benzene rings is 1. The van der Waals surface area contributed by atoms with E-state index in [-0.39, 0.29) is 23.6 Å². The number of rotatable bonds is 2. The minimum atomic E-state index is -0.491. The number of hydrogen-bond donors (Lipinski definition) is 1. The fourth-order valence-electron chi connectivity index (χ4n) is 3.36. The highest BCUT2D eigenvalue weighted by molar-refractivity contribution is 14.1. The van der Waals surface area contributed by atoms with Crippen LogP contribution in [0.5, 0.6) is 0 Å². The maximum absolute atomic E-state index is 12.6. The molecule has 1 saturated carbocycles. The molecule has 0 spiro atoms. The molecule has 2 fully saturated rings. The van der Waals surface area contributed by atoms with Gasteiger partial charge in [-0.2, -0.15) is 0 Å². The highest BCUT2D eigenvalue weighted by Crippen LogP contribution is 2.38. The first-order valence-corrected chi connectivity index (χ1v) is 7.96. The number of carbonyl (C=O) groups excluding carboxylic acids is 1. The van der Waals surface area contributed by atoms with Crippen LogP contribution < -0.4 is 0 Å². The predicted molar refractivity (Wildman–Crippen MR) is 83.9 cm³/mol. The van der Waals surface area contributed by atoms with E-state index in [9.17, 15) is 20.0 Å². The largest absolute Gasteiger partial charge is 0.393 e. The Kier molecular flexibility index (Phi) is 3.87. The van der Waals surface area contributed by atoms with Crippen LogP contribution in [-0.2, 0) is 0 Å². The van der Waals surface area contributed by atoms with E-state index < -0.39 is 4.92 Å². The van der Waals surface area contributed by atoms with Crippen LogP contribution in [0, 0.1) is 25.5 Å². The van der Waals surface area contributed by atoms with Crippen molar-refractivity contribution in [1.82, 2.24) is 4.90 Å². The summed E-state index contributed by atoms with van der Waals surface area (Å²) in [6.45, 7) is 1.18. The Hall–Kier alpha value is -1.22. The normalized spacial score (nSPS) is 27.7. The highest BCUT2D eigenvalue weighted by atomic mass is 127. The van der Waals surface area contributed by atoms with Gasteiger partial charge in [0.25, 0.3) is 11.6 Å². The molecule has 6 nitrogen and oxygen atoms in total. The van der Waals surface area contributed by atoms with Crippen LogP contribution in [0.25, 0.3) is 0 Å². The number of halogens is 1. The second-order valence-corrected chi connectivity index (χ2v) is 6.86. The highest BCUT2D eigenvalue weighted by Gasteiger charge is 2.43. The Bertz CT molecular complexity index is 607. The van der Waals surface area contributed by atoms with E-state index in [1.54, 1.807) is 11.0 Å². The van der Waals surface area contributed by atoms with Crippen LogP contribution in [0.1, 0.15) is 23.2 Å². The molecule has 1 N–H and O–H groups in total. The fraction of sp³-hybridized carbons (Fsp3) is 0.500. The summed E-state index contributed by atoms with van der Waals surface area (Å²) in [6.07, 6.45) is 1.44. The molecule has 1 aliphatic heterocycles. The van der Waals surface area contributed by atoms with Crippen molar-refractivity contribution >= 4 is 34.2 Å². The van der Waals surface area contributed by atoms with E-state index in [2.05, 4.69) is 0 Å². The number of nitro benzene ring substituents is 1. The van der Waals surface area contributed by atoms with Crippen molar-refractivity contribution in [2.75, 3.05) is 13.1 Å². The van der Waals surface area contributed by atoms with Gasteiger partial charge in [-0.25, -0.2) is 0 Å². The van der Waals surface area contributed by atoms with Crippen LogP contribution >= 0.6 is 22.6 Å². The first-order chi connectivity index (χ1) is 9.97. The predicted octanol–water partition coefficient (Wildman–Crippen LogP) is 2.04. The summed E-state index contributed by atoms with van der Waals surface area (Å²) in [6, 6.07) is 4.34. The Balaban J connectivity index is 1.83. The number of aliphatic hydroxyl groups is 1. The molecule has 1 amide bonds. The molecule has 3 atom stereocenters. The molecule has 1 aliphatic carbocycles. The lowest BCUT2D eigenvalue weighted by Gasteiger charge is -2.19. The smallest absolute Gasteiger partial charge is 0.270 e. The molecule has 21 heavy (non-hydrogen) atoms. The van der Waals surface area contributed by atoms with E-state index in [4.69, 9.17) is 0 Å². The van der Waals surface area contributed by atoms with Gasteiger partial charge in [0.05, 0.1) is 16.6 Å². The third-order valence-electron chi connectivity index (χ3n) is 4.50. The number of hydrogen-bond acceptors (Lipinski definition) is 4. The van der Waals surface area contributed by atoms with Crippen molar-refractivity contribution in [3.05, 3.63) is 37.4 Å². The number of carbonyl (C=O) groups is 1. The summed E-state index contributed by atoms with van der Waals surface area (Å²) in [5.41, 5.74) is 0.303. The van der Waals surface area contributed by atoms with Gasteiger partial charge in [-0.05, 0) is 47.4 Å². The van der Waals surface area contributed by atoms with Crippen molar-refractivity contribution in [2.45, 2.75) is 18.9 Å². The maximum Gasteiger partial charge on any atom is 0.270 e. The molecular weight excluding hydrogens is 387 g/mol. The lowest BCUT2D eigenvalue weighted by Crippen LogP contribution is -2.31. The van der Waals surface area contributed by atoms with Crippen LogP contribution in [0.2, 0.25) is 0 Å². The number of aliphatic hydroxyl groups excluding tert-OH is 1. The molecule has 7 heteroatoms. The molecule has 2 aliphatic rings. The number of fused-ring (bicyclic) bond motifs is 1. The van der Waals surface area contributed by atoms with Gasteiger partial charge in [0.15, 0.2) is 0 Å². The lowest BCUT2D eigenvalue weighted by molar-refractivity contribution is -0.384. The SMILES string of the molecule is O=C(c1cc([N+](=O)[O-])ccc1I)N1CC2CCC(O)C2C1. The number of non-ortho nitro benzene ring substituents is 1. The molecule has 0 radical (unpaired) electrons. The summed E-state index contributed by atoms with van der Waals surface area (Å²) in [4.78, 5) is 24.7. The van der Waals surface area contributed by atoms with Gasteiger partial charge in [-0.3, -0.25) is 14.9 Å². The Morgan fingerprint density at radius 1 is 1.38 bits per heavy atom. The monoisotopic (exact) mass is 402 g/mol. The zero-order chi connectivity index (χ0) is 15.1. The second-order valence-electron chi connectivity index (χ2n) is 5.70. The van der Waals surface area contributed by atoms with E-state index in [0.29, 0.717) is 28.1 Å². The first-order valence-electron chi connectivity index (χ1n) is 6.88. The van der Waals surface area contributed by atoms with Gasteiger partial charge >= 0.3 is 0 Å². The zero-order valence-corrected chi connectivity index (χ0v) is 13.4. The van der Waals surface area contributed by atoms with Crippen molar-refractivity contribution in [2.24, 2.45) is 11.8 Å². The van der Waals surface area contributed by atoms with E-state index >= 15 is 0 Å². The maximum atomic E-state index is 12.6. The van der Waals surface area contributed by atoms with Crippen LogP contribution in [0.15, 0.2) is 18.2 Å². The molecule has 112 valence electrons. The molecular formula is C14H15IN2O4. The molecule has 3 unspecified atom stereocenters. The molecule has 1 aromatic carbocycles. The number of nitro groups is 1. The number of amides is 1. The molecule has 0 aromatic heterocycles. The van der Waals surface area contributed by atoms with Crippen molar-refractivity contribution in [3.63, 3.8) is 0 Å². The second kappa shape index (κ2) is 5.53. The van der Waals surface area contributed by atoms with Gasteiger partial charge in [0.1, 0.15) is 0 Å². The number of likely N-dealkylation sites (tertiary alicyclic amines) is 1. The Morgan fingerprint density at radius 3 is 2.81 bits per heavy atom. The molecule has 1 saturated heterocycles. The van der Waals surface area contributed by atoms with Crippen LogP contribution in [0.4, 0.5) is 5.69 Å². The van der Waals surface area contributed by atoms with Gasteiger partial charge < -0.3 is 10.0 Å². The summed E-state index contributed by atoms with van der Waals surface area (Å²) in [5.74, 6) is 0.343. The third-order valence-corrected chi connectivity index (χ3v) is 5.44. The van der Waals surface area contributed by atoms with E-state index in [1.165, 1.54) is 12.1 Å². The summed E-state index contributed by atoms with van der Waals surface area (Å²) >= 11 is 2.02. The van der Waals surface area contributed by atoms with Gasteiger partial charge in [-0.15, -0.1) is 0 Å². The summed E-state index contributed by atoms with van der Waals surface area (Å²) < 4.78 is 0.709. The van der Waals surface area contributed by atoms with Crippen LogP contribution in [0.3, 0.4) is 0 Å². The Labute approximate surface area is 135 Å². The fourth-order valence-corrected chi connectivity index (χ4v) is 3.93. The zero-order valence-electron chi connectivity index (χ0n) is 11.2. The van der Waals surface area contributed by atoms with Crippen molar-refractivity contribution in [3.8, 4) is 0 Å². The van der Waals surface area contributed by atoms with Crippen LogP contribution in [-0.4, -0.2) is 40.0 Å². The minimum absolute atomic E-state index is 0.0711. The topological polar surface area (TPSA) is 83.7 Å². The minimum Gasteiger partial charge on any atom is -0.393 e. The Morgan fingerprint density at radius 2 is 2.14 bits per heavy atom.